The minimum Gasteiger partial charge on any atom is -0.312 e. The van der Waals surface area contributed by atoms with E-state index in [4.69, 9.17) is 0 Å². The molecule has 2 nitrogen and oxygen atoms in total. The number of likely N-dealkylation sites (N-methyl/N-ethyl adjacent to an activating group) is 1. The molecule has 0 fully saturated rings. The summed E-state index contributed by atoms with van der Waals surface area (Å²) in [5.41, 5.74) is 4.50. The van der Waals surface area contributed by atoms with Crippen LogP contribution in [0, 0.1) is 0 Å². The van der Waals surface area contributed by atoms with Crippen LogP contribution in [0.2, 0.25) is 0 Å². The maximum atomic E-state index is 12.7. The third-order valence-electron chi connectivity index (χ3n) is 4.07. The number of rotatable bonds is 1. The molecule has 1 aliphatic carbocycles. The predicted octanol–water partition coefficient (Wildman–Crippen LogP) is 3.88. The summed E-state index contributed by atoms with van der Waals surface area (Å²) in [7, 11) is 0. The molecule has 0 saturated heterocycles. The van der Waals surface area contributed by atoms with Crippen LogP contribution in [0.5, 0.6) is 0 Å². The largest absolute Gasteiger partial charge is 0.312 e. The van der Waals surface area contributed by atoms with Crippen LogP contribution in [0.25, 0.3) is 5.57 Å². The van der Waals surface area contributed by atoms with Crippen LogP contribution < -0.4 is 0 Å². The molecule has 102 valence electrons. The average Bonchev–Trinajstić information content (AvgIpc) is 2.76. The minimum absolute atomic E-state index is 0.0973. The Morgan fingerprint density at radius 1 is 1.20 bits per heavy atom. The number of carbonyl (C=O) groups excluding carboxylic acids is 1. The van der Waals surface area contributed by atoms with Gasteiger partial charge in [0, 0.05) is 12.1 Å². The van der Waals surface area contributed by atoms with E-state index in [1.54, 1.807) is 0 Å². The highest BCUT2D eigenvalue weighted by Gasteiger charge is 2.30. The highest BCUT2D eigenvalue weighted by molar-refractivity contribution is 5.94. The summed E-state index contributed by atoms with van der Waals surface area (Å²) in [6.45, 7) is 4.74. The third kappa shape index (κ3) is 1.92. The van der Waals surface area contributed by atoms with Crippen molar-refractivity contribution in [2.24, 2.45) is 0 Å². The summed E-state index contributed by atoms with van der Waals surface area (Å²) in [6, 6.07) is 8.26. The first kappa shape index (κ1) is 12.9. The Morgan fingerprint density at radius 3 is 2.75 bits per heavy atom. The van der Waals surface area contributed by atoms with Crippen molar-refractivity contribution in [1.82, 2.24) is 4.90 Å². The molecule has 1 heterocycles. The fourth-order valence-corrected chi connectivity index (χ4v) is 3.01. The van der Waals surface area contributed by atoms with Crippen LogP contribution in [-0.4, -0.2) is 17.4 Å². The summed E-state index contributed by atoms with van der Waals surface area (Å²) >= 11 is 0. The lowest BCUT2D eigenvalue weighted by atomic mass is 9.92. The average molecular weight is 265 g/mol. The lowest BCUT2D eigenvalue weighted by Gasteiger charge is -2.23. The van der Waals surface area contributed by atoms with Crippen LogP contribution in [0.15, 0.2) is 54.3 Å². The molecule has 20 heavy (non-hydrogen) atoms. The molecule has 0 aromatic heterocycles. The van der Waals surface area contributed by atoms with E-state index in [0.29, 0.717) is 6.54 Å². The fourth-order valence-electron chi connectivity index (χ4n) is 3.01. The number of fused-ring (bicyclic) bond motifs is 2. The molecule has 1 atom stereocenters. The van der Waals surface area contributed by atoms with E-state index in [0.717, 1.165) is 23.3 Å². The zero-order valence-electron chi connectivity index (χ0n) is 12.0. The number of hydrogen-bond acceptors (Lipinski definition) is 1. The number of benzene rings is 1. The van der Waals surface area contributed by atoms with E-state index in [1.807, 2.05) is 30.9 Å². The van der Waals surface area contributed by atoms with Gasteiger partial charge < -0.3 is 4.90 Å². The molecule has 2 aliphatic rings. The van der Waals surface area contributed by atoms with Gasteiger partial charge in [-0.3, -0.25) is 4.79 Å². The number of hydrogen-bond donors (Lipinski definition) is 0. The molecule has 1 unspecified atom stereocenters. The zero-order chi connectivity index (χ0) is 14.1. The molecule has 0 spiro atoms. The summed E-state index contributed by atoms with van der Waals surface area (Å²) in [6.07, 6.45) is 9.43. The van der Waals surface area contributed by atoms with Gasteiger partial charge in [0.1, 0.15) is 0 Å². The van der Waals surface area contributed by atoms with Gasteiger partial charge in [-0.05, 0) is 37.5 Å². The topological polar surface area (TPSA) is 20.3 Å². The summed E-state index contributed by atoms with van der Waals surface area (Å²) in [5.74, 6) is 0.0878. The van der Waals surface area contributed by atoms with Crippen molar-refractivity contribution >= 4 is 11.5 Å². The van der Waals surface area contributed by atoms with Gasteiger partial charge >= 0.3 is 0 Å². The van der Waals surface area contributed by atoms with Gasteiger partial charge in [0.2, 0.25) is 5.91 Å². The number of carbonyl (C=O) groups is 1. The second-order valence-corrected chi connectivity index (χ2v) is 5.23. The summed E-state index contributed by atoms with van der Waals surface area (Å²) in [5, 5.41) is 0. The maximum Gasteiger partial charge on any atom is 0.234 e. The van der Waals surface area contributed by atoms with Crippen molar-refractivity contribution in [2.45, 2.75) is 26.2 Å². The standard InChI is InChI=1S/C18H19NO/c1-3-19-17-12-6-4-5-11-16(17)15-10-8-7-9-14(15)13(2)18(19)20/h5-13H,3-4H2,1-2H3. The van der Waals surface area contributed by atoms with Crippen LogP contribution >= 0.6 is 0 Å². The Bertz CT molecular complexity index is 637. The molecular formula is C18H19NO. The zero-order valence-corrected chi connectivity index (χ0v) is 12.0. The van der Waals surface area contributed by atoms with Crippen molar-refractivity contribution in [2.75, 3.05) is 6.54 Å². The van der Waals surface area contributed by atoms with Gasteiger partial charge in [0.15, 0.2) is 0 Å². The molecule has 0 radical (unpaired) electrons. The minimum atomic E-state index is -0.0973. The number of amides is 1. The highest BCUT2D eigenvalue weighted by atomic mass is 16.2. The third-order valence-corrected chi connectivity index (χ3v) is 4.07. The molecule has 1 amide bonds. The normalized spacial score (nSPS) is 21.4. The summed E-state index contributed by atoms with van der Waals surface area (Å²) < 4.78 is 0. The van der Waals surface area contributed by atoms with Gasteiger partial charge in [0.25, 0.3) is 0 Å². The Hall–Kier alpha value is -2.09. The monoisotopic (exact) mass is 265 g/mol. The van der Waals surface area contributed by atoms with E-state index in [-0.39, 0.29) is 11.8 Å². The molecule has 1 aliphatic heterocycles. The smallest absolute Gasteiger partial charge is 0.234 e. The first-order valence-electron chi connectivity index (χ1n) is 7.22. The number of allylic oxidation sites excluding steroid dienone is 5. The molecule has 3 rings (SSSR count). The van der Waals surface area contributed by atoms with Crippen LogP contribution in [-0.2, 0) is 4.79 Å². The van der Waals surface area contributed by atoms with Crippen molar-refractivity contribution in [1.29, 1.82) is 0 Å². The van der Waals surface area contributed by atoms with Crippen molar-refractivity contribution < 1.29 is 4.79 Å². The van der Waals surface area contributed by atoms with E-state index in [9.17, 15) is 4.79 Å². The van der Waals surface area contributed by atoms with Crippen LogP contribution in [0.3, 0.4) is 0 Å². The first-order valence-corrected chi connectivity index (χ1v) is 7.22. The molecule has 0 N–H and O–H groups in total. The highest BCUT2D eigenvalue weighted by Crippen LogP contribution is 2.36. The molecule has 1 aromatic rings. The maximum absolute atomic E-state index is 12.7. The van der Waals surface area contributed by atoms with E-state index in [1.165, 1.54) is 5.56 Å². The first-order chi connectivity index (χ1) is 9.74. The quantitative estimate of drug-likeness (QED) is 0.754. The van der Waals surface area contributed by atoms with Crippen LogP contribution in [0.4, 0.5) is 0 Å². The van der Waals surface area contributed by atoms with E-state index < -0.39 is 0 Å². The van der Waals surface area contributed by atoms with Gasteiger partial charge in [0.05, 0.1) is 11.6 Å². The molecular weight excluding hydrogens is 246 g/mol. The number of nitrogens with zero attached hydrogens (tertiary/aromatic N) is 1. The molecule has 1 aromatic carbocycles. The molecule has 0 bridgehead atoms. The Labute approximate surface area is 120 Å². The van der Waals surface area contributed by atoms with Gasteiger partial charge in [-0.1, -0.05) is 42.5 Å². The Kier molecular flexibility index (Phi) is 3.31. The lowest BCUT2D eigenvalue weighted by Crippen LogP contribution is -2.32. The Morgan fingerprint density at radius 2 is 1.95 bits per heavy atom. The van der Waals surface area contributed by atoms with Crippen molar-refractivity contribution in [3.05, 3.63) is 65.4 Å². The fraction of sp³-hybridized carbons (Fsp3) is 0.278. The predicted molar refractivity (Wildman–Crippen MR) is 82.1 cm³/mol. The molecule has 0 saturated carbocycles. The van der Waals surface area contributed by atoms with Gasteiger partial charge in [-0.2, -0.15) is 0 Å². The van der Waals surface area contributed by atoms with Gasteiger partial charge in [-0.25, -0.2) is 0 Å². The second kappa shape index (κ2) is 5.12. The Balaban J connectivity index is 2.31. The molecule has 2 heteroatoms. The van der Waals surface area contributed by atoms with Crippen molar-refractivity contribution in [3.63, 3.8) is 0 Å². The van der Waals surface area contributed by atoms with E-state index in [2.05, 4.69) is 36.4 Å². The van der Waals surface area contributed by atoms with Gasteiger partial charge in [-0.15, -0.1) is 0 Å². The summed E-state index contributed by atoms with van der Waals surface area (Å²) in [4.78, 5) is 14.6. The van der Waals surface area contributed by atoms with Crippen molar-refractivity contribution in [3.8, 4) is 0 Å². The van der Waals surface area contributed by atoms with Crippen LogP contribution in [0.1, 0.15) is 37.3 Å². The second-order valence-electron chi connectivity index (χ2n) is 5.23. The lowest BCUT2D eigenvalue weighted by molar-refractivity contribution is -0.130. The SMILES string of the molecule is CCN1C(=O)C(C)c2ccccc2C2=C1C=CCC=C2. The van der Waals surface area contributed by atoms with E-state index >= 15 is 0 Å².